The van der Waals surface area contributed by atoms with E-state index in [4.69, 9.17) is 0 Å². The zero-order valence-electron chi connectivity index (χ0n) is 17.3. The largest absolute Gasteiger partial charge is 0.507 e. The summed E-state index contributed by atoms with van der Waals surface area (Å²) in [6, 6.07) is 9.13. The fourth-order valence-electron chi connectivity index (χ4n) is 3.76. The fourth-order valence-corrected chi connectivity index (χ4v) is 4.12. The summed E-state index contributed by atoms with van der Waals surface area (Å²) in [5.74, 6) is -3.12. The van der Waals surface area contributed by atoms with E-state index < -0.39 is 29.3 Å². The van der Waals surface area contributed by atoms with Gasteiger partial charge in [-0.2, -0.15) is 0 Å². The van der Waals surface area contributed by atoms with Gasteiger partial charge in [0.1, 0.15) is 17.3 Å². The molecular weight excluding hydrogens is 467 g/mol. The number of Topliss-reactive ketones (excluding diaryl/α,β-unsaturated/α-hetero) is 1. The summed E-state index contributed by atoms with van der Waals surface area (Å²) in [5.41, 5.74) is -0.155. The Hall–Kier alpha value is -2.71. The Morgan fingerprint density at radius 2 is 1.84 bits per heavy atom. The molecular formula is C23H24BrFN2O4. The lowest BCUT2D eigenvalue weighted by molar-refractivity contribution is -0.140. The summed E-state index contributed by atoms with van der Waals surface area (Å²) in [5, 5.41) is 21.2. The minimum absolute atomic E-state index is 0.0162. The van der Waals surface area contributed by atoms with Crippen molar-refractivity contribution in [3.05, 3.63) is 69.5 Å². The van der Waals surface area contributed by atoms with Crippen LogP contribution in [-0.4, -0.2) is 57.9 Å². The summed E-state index contributed by atoms with van der Waals surface area (Å²) in [6.07, 6.45) is 0. The molecule has 8 heteroatoms. The summed E-state index contributed by atoms with van der Waals surface area (Å²) in [4.78, 5) is 29.2. The summed E-state index contributed by atoms with van der Waals surface area (Å²) in [7, 11) is 0. The maximum absolute atomic E-state index is 14.8. The van der Waals surface area contributed by atoms with E-state index in [0.717, 1.165) is 13.1 Å². The molecule has 2 aromatic carbocycles. The highest BCUT2D eigenvalue weighted by molar-refractivity contribution is 9.10. The SMILES string of the molecule is CCN(CC)CCN1C(=O)C(=O)C(=C(O)c2cc(Br)ccc2O)[C@H]1c1ccccc1F. The molecule has 1 aliphatic rings. The van der Waals surface area contributed by atoms with Crippen molar-refractivity contribution < 1.29 is 24.2 Å². The van der Waals surface area contributed by atoms with Gasteiger partial charge in [0.05, 0.1) is 17.2 Å². The predicted octanol–water partition coefficient (Wildman–Crippen LogP) is 4.06. The number of phenols is 1. The van der Waals surface area contributed by atoms with Crippen LogP contribution >= 0.6 is 15.9 Å². The Bertz CT molecular complexity index is 1040. The lowest BCUT2D eigenvalue weighted by atomic mass is 9.94. The Morgan fingerprint density at radius 1 is 1.16 bits per heavy atom. The van der Waals surface area contributed by atoms with Crippen molar-refractivity contribution in [2.24, 2.45) is 0 Å². The molecule has 164 valence electrons. The molecule has 1 saturated heterocycles. The van der Waals surface area contributed by atoms with E-state index >= 15 is 0 Å². The van der Waals surface area contributed by atoms with Crippen LogP contribution in [0.2, 0.25) is 0 Å². The Labute approximate surface area is 188 Å². The van der Waals surface area contributed by atoms with Crippen molar-refractivity contribution in [3.8, 4) is 5.75 Å². The lowest BCUT2D eigenvalue weighted by Crippen LogP contribution is -2.38. The van der Waals surface area contributed by atoms with E-state index in [9.17, 15) is 24.2 Å². The number of nitrogens with zero attached hydrogens (tertiary/aromatic N) is 2. The highest BCUT2D eigenvalue weighted by atomic mass is 79.9. The van der Waals surface area contributed by atoms with Gasteiger partial charge in [0, 0.05) is 23.1 Å². The van der Waals surface area contributed by atoms with Crippen LogP contribution in [0.25, 0.3) is 5.76 Å². The number of likely N-dealkylation sites (tertiary alicyclic amines) is 1. The lowest BCUT2D eigenvalue weighted by Gasteiger charge is -2.28. The number of amides is 1. The van der Waals surface area contributed by atoms with Gasteiger partial charge in [-0.05, 0) is 37.4 Å². The highest BCUT2D eigenvalue weighted by Crippen LogP contribution is 2.41. The minimum Gasteiger partial charge on any atom is -0.507 e. The standard InChI is InChI=1S/C23H24BrFN2O4/c1-3-26(4-2)11-12-27-20(15-7-5-6-8-17(15)25)19(22(30)23(27)31)21(29)16-13-14(24)9-10-18(16)28/h5-10,13,20,28-29H,3-4,11-12H2,1-2H3/t20-/m1/s1. The minimum atomic E-state index is -1.10. The molecule has 31 heavy (non-hydrogen) atoms. The first kappa shape index (κ1) is 23.0. The zero-order valence-corrected chi connectivity index (χ0v) is 18.9. The number of aliphatic hydroxyl groups is 1. The maximum Gasteiger partial charge on any atom is 0.295 e. The first-order valence-corrected chi connectivity index (χ1v) is 10.8. The van der Waals surface area contributed by atoms with Crippen LogP contribution in [0.5, 0.6) is 5.75 Å². The molecule has 1 aliphatic heterocycles. The quantitative estimate of drug-likeness (QED) is 0.347. The number of hydrogen-bond acceptors (Lipinski definition) is 5. The van der Waals surface area contributed by atoms with Gasteiger partial charge >= 0.3 is 0 Å². The topological polar surface area (TPSA) is 81.1 Å². The van der Waals surface area contributed by atoms with Gasteiger partial charge in [-0.1, -0.05) is 48.0 Å². The maximum atomic E-state index is 14.8. The molecule has 0 spiro atoms. The molecule has 0 aromatic heterocycles. The third kappa shape index (κ3) is 4.50. The van der Waals surface area contributed by atoms with Crippen LogP contribution in [0.1, 0.15) is 31.0 Å². The van der Waals surface area contributed by atoms with Crippen LogP contribution in [-0.2, 0) is 9.59 Å². The van der Waals surface area contributed by atoms with Gasteiger partial charge in [-0.15, -0.1) is 0 Å². The molecule has 3 rings (SSSR count). The van der Waals surface area contributed by atoms with E-state index in [-0.39, 0.29) is 29.0 Å². The van der Waals surface area contributed by atoms with Gasteiger partial charge in [0.25, 0.3) is 11.7 Å². The smallest absolute Gasteiger partial charge is 0.295 e. The molecule has 1 atom stereocenters. The first-order valence-electron chi connectivity index (χ1n) is 10.0. The number of carbonyl (C=O) groups is 2. The van der Waals surface area contributed by atoms with Gasteiger partial charge in [-0.3, -0.25) is 9.59 Å². The van der Waals surface area contributed by atoms with Crippen molar-refractivity contribution in [2.45, 2.75) is 19.9 Å². The molecule has 1 fully saturated rings. The van der Waals surface area contributed by atoms with Crippen molar-refractivity contribution in [3.63, 3.8) is 0 Å². The van der Waals surface area contributed by atoms with Gasteiger partial charge in [-0.25, -0.2) is 4.39 Å². The average Bonchev–Trinajstić information content (AvgIpc) is 3.00. The van der Waals surface area contributed by atoms with Crippen LogP contribution in [0, 0.1) is 5.82 Å². The molecule has 0 saturated carbocycles. The van der Waals surface area contributed by atoms with E-state index in [1.54, 1.807) is 12.1 Å². The third-order valence-electron chi connectivity index (χ3n) is 5.51. The number of likely N-dealkylation sites (N-methyl/N-ethyl adjacent to an activating group) is 1. The Balaban J connectivity index is 2.17. The number of aliphatic hydroxyl groups excluding tert-OH is 1. The number of ketones is 1. The molecule has 2 aromatic rings. The fraction of sp³-hybridized carbons (Fsp3) is 0.304. The number of carbonyl (C=O) groups excluding carboxylic acids is 2. The second-order valence-electron chi connectivity index (χ2n) is 7.20. The highest BCUT2D eigenvalue weighted by Gasteiger charge is 2.47. The Morgan fingerprint density at radius 3 is 2.48 bits per heavy atom. The summed E-state index contributed by atoms with van der Waals surface area (Å²) >= 11 is 3.27. The van der Waals surface area contributed by atoms with Gasteiger partial charge < -0.3 is 20.0 Å². The van der Waals surface area contributed by atoms with E-state index in [1.165, 1.54) is 35.2 Å². The average molecular weight is 491 g/mol. The molecule has 0 aliphatic carbocycles. The van der Waals surface area contributed by atoms with Crippen molar-refractivity contribution in [1.29, 1.82) is 0 Å². The second-order valence-corrected chi connectivity index (χ2v) is 8.12. The van der Waals surface area contributed by atoms with Crippen molar-refractivity contribution in [1.82, 2.24) is 9.80 Å². The van der Waals surface area contributed by atoms with Crippen LogP contribution in [0.4, 0.5) is 4.39 Å². The second kappa shape index (κ2) is 9.62. The number of rotatable bonds is 7. The summed E-state index contributed by atoms with van der Waals surface area (Å²) < 4.78 is 15.3. The number of benzene rings is 2. The van der Waals surface area contributed by atoms with Crippen molar-refractivity contribution in [2.75, 3.05) is 26.2 Å². The van der Waals surface area contributed by atoms with E-state index in [2.05, 4.69) is 20.8 Å². The van der Waals surface area contributed by atoms with E-state index in [1.807, 2.05) is 13.8 Å². The predicted molar refractivity (Wildman–Crippen MR) is 119 cm³/mol. The first-order chi connectivity index (χ1) is 14.8. The van der Waals surface area contributed by atoms with Crippen LogP contribution in [0.15, 0.2) is 52.5 Å². The number of halogens is 2. The van der Waals surface area contributed by atoms with Gasteiger partial charge in [0.15, 0.2) is 0 Å². The van der Waals surface area contributed by atoms with Crippen LogP contribution < -0.4 is 0 Å². The molecule has 1 amide bonds. The number of aromatic hydroxyl groups is 1. The number of phenolic OH excluding ortho intramolecular Hbond substituents is 1. The molecule has 1 heterocycles. The monoisotopic (exact) mass is 490 g/mol. The molecule has 0 unspecified atom stereocenters. The van der Waals surface area contributed by atoms with E-state index in [0.29, 0.717) is 11.0 Å². The zero-order chi connectivity index (χ0) is 22.7. The van der Waals surface area contributed by atoms with Crippen molar-refractivity contribution >= 4 is 33.4 Å². The molecule has 0 radical (unpaired) electrons. The third-order valence-corrected chi connectivity index (χ3v) is 6.00. The molecule has 2 N–H and O–H groups in total. The molecule has 6 nitrogen and oxygen atoms in total. The number of hydrogen-bond donors (Lipinski definition) is 2. The van der Waals surface area contributed by atoms with Gasteiger partial charge in [0.2, 0.25) is 0 Å². The normalized spacial score (nSPS) is 18.2. The Kier molecular flexibility index (Phi) is 7.12. The summed E-state index contributed by atoms with van der Waals surface area (Å²) in [6.45, 7) is 6.18. The van der Waals surface area contributed by atoms with Crippen LogP contribution in [0.3, 0.4) is 0 Å². The molecule has 0 bridgehead atoms.